The second-order valence-electron chi connectivity index (χ2n) is 12.0. The van der Waals surface area contributed by atoms with Crippen LogP contribution in [0, 0.1) is 0 Å². The van der Waals surface area contributed by atoms with Gasteiger partial charge in [-0.3, -0.25) is 4.90 Å². The van der Waals surface area contributed by atoms with Crippen LogP contribution in [0.3, 0.4) is 0 Å². The number of para-hydroxylation sites is 3. The van der Waals surface area contributed by atoms with Crippen LogP contribution in [0.15, 0.2) is 188 Å². The van der Waals surface area contributed by atoms with E-state index in [9.17, 15) is 0 Å². The molecular weight excluding hydrogens is 583 g/mol. The monoisotopic (exact) mass is 613 g/mol. The lowest BCUT2D eigenvalue weighted by molar-refractivity contribution is 1.19. The van der Waals surface area contributed by atoms with E-state index in [2.05, 4.69) is 186 Å². The molecule has 0 aliphatic heterocycles. The van der Waals surface area contributed by atoms with E-state index in [4.69, 9.17) is 4.98 Å². The third-order valence-electron chi connectivity index (χ3n) is 9.23. The Hall–Kier alpha value is -6.45. The average molecular weight is 614 g/mol. The molecule has 1 aromatic heterocycles. The number of hydrogen-bond acceptors (Lipinski definition) is 3. The summed E-state index contributed by atoms with van der Waals surface area (Å²) >= 11 is 0. The normalized spacial score (nSPS) is 11.3. The molecule has 0 unspecified atom stereocenters. The first-order chi connectivity index (χ1) is 23.8. The Labute approximate surface area is 279 Å². The summed E-state index contributed by atoms with van der Waals surface area (Å²) in [6, 6.07) is 64.7. The van der Waals surface area contributed by atoms with E-state index >= 15 is 0 Å². The van der Waals surface area contributed by atoms with Crippen molar-refractivity contribution in [3.05, 3.63) is 188 Å². The van der Waals surface area contributed by atoms with Crippen LogP contribution in [0.1, 0.15) is 0 Å². The molecule has 9 aromatic rings. The maximum absolute atomic E-state index is 5.04. The molecule has 0 radical (unpaired) electrons. The molecule has 0 saturated heterocycles. The van der Waals surface area contributed by atoms with E-state index in [0.29, 0.717) is 0 Å². The van der Waals surface area contributed by atoms with Crippen molar-refractivity contribution in [2.24, 2.45) is 0 Å². The molecule has 0 aliphatic rings. The van der Waals surface area contributed by atoms with Gasteiger partial charge in [-0.25, -0.2) is 4.98 Å². The highest BCUT2D eigenvalue weighted by Gasteiger charge is 2.23. The second kappa shape index (κ2) is 11.7. The highest BCUT2D eigenvalue weighted by atomic mass is 15.2. The van der Waals surface area contributed by atoms with Crippen molar-refractivity contribution in [1.82, 2.24) is 4.98 Å². The van der Waals surface area contributed by atoms with Gasteiger partial charge in [0.1, 0.15) is 5.82 Å². The number of rotatable bonds is 7. The maximum Gasteiger partial charge on any atom is 0.145 e. The molecule has 0 amide bonds. The third kappa shape index (κ3) is 4.64. The highest BCUT2D eigenvalue weighted by Crippen LogP contribution is 2.48. The molecule has 9 rings (SSSR count). The molecule has 0 saturated carbocycles. The van der Waals surface area contributed by atoms with Crippen LogP contribution in [0.5, 0.6) is 0 Å². The topological polar surface area (TPSA) is 19.4 Å². The Balaban J connectivity index is 1.32. The maximum atomic E-state index is 5.04. The first-order valence-corrected chi connectivity index (χ1v) is 16.3. The number of benzene rings is 8. The van der Waals surface area contributed by atoms with Crippen molar-refractivity contribution >= 4 is 66.6 Å². The largest absolute Gasteiger partial charge is 0.310 e. The fraction of sp³-hybridized carbons (Fsp3) is 0. The summed E-state index contributed by atoms with van der Waals surface area (Å²) < 4.78 is 0. The summed E-state index contributed by atoms with van der Waals surface area (Å²) in [5.41, 5.74) is 7.75. The van der Waals surface area contributed by atoms with Crippen LogP contribution in [0.2, 0.25) is 0 Å². The standard InChI is InChI=1S/C45H31N3/c1-5-14-32(15-6-1)38-22-13-31-46-45(38)48(37-20-11-4-12-21-37)42-30-26-34-23-27-39-41(29-25-33-24-28-40(42)44(34)43(33)39)47(35-16-7-2-8-17-35)36-18-9-3-10-19-36/h1-31H. The third-order valence-corrected chi connectivity index (χ3v) is 9.23. The molecule has 0 aliphatic carbocycles. The fourth-order valence-electron chi connectivity index (χ4n) is 7.11. The van der Waals surface area contributed by atoms with Crippen LogP contribution in [0.4, 0.5) is 34.3 Å². The average Bonchev–Trinajstić information content (AvgIpc) is 3.17. The van der Waals surface area contributed by atoms with Crippen molar-refractivity contribution in [3.63, 3.8) is 0 Å². The molecule has 0 spiro atoms. The highest BCUT2D eigenvalue weighted by molar-refractivity contribution is 6.28. The Bertz CT molecular complexity index is 2460. The quantitative estimate of drug-likeness (QED) is 0.167. The SMILES string of the molecule is c1ccc(-c2cccnc2N(c2ccccc2)c2ccc3ccc4c(N(c5ccccc5)c5ccccc5)ccc5ccc2c3c54)cc1. The van der Waals surface area contributed by atoms with Crippen LogP contribution in [-0.4, -0.2) is 4.98 Å². The van der Waals surface area contributed by atoms with Gasteiger partial charge in [0.25, 0.3) is 0 Å². The zero-order valence-electron chi connectivity index (χ0n) is 26.2. The minimum atomic E-state index is 0.893. The second-order valence-corrected chi connectivity index (χ2v) is 12.0. The lowest BCUT2D eigenvalue weighted by Crippen LogP contribution is -2.13. The van der Waals surface area contributed by atoms with Crippen molar-refractivity contribution in [3.8, 4) is 11.1 Å². The van der Waals surface area contributed by atoms with Gasteiger partial charge in [-0.1, -0.05) is 121 Å². The van der Waals surface area contributed by atoms with Gasteiger partial charge in [0, 0.05) is 39.6 Å². The van der Waals surface area contributed by atoms with Gasteiger partial charge in [0.05, 0.1) is 11.4 Å². The molecule has 3 nitrogen and oxygen atoms in total. The Morgan fingerprint density at radius 2 is 0.792 bits per heavy atom. The summed E-state index contributed by atoms with van der Waals surface area (Å²) in [7, 11) is 0. The molecule has 0 N–H and O–H groups in total. The van der Waals surface area contributed by atoms with E-state index < -0.39 is 0 Å². The zero-order chi connectivity index (χ0) is 31.9. The van der Waals surface area contributed by atoms with Gasteiger partial charge in [-0.2, -0.15) is 0 Å². The summed E-state index contributed by atoms with van der Waals surface area (Å²) in [5.74, 6) is 0.893. The van der Waals surface area contributed by atoms with Crippen LogP contribution in [-0.2, 0) is 0 Å². The number of anilines is 6. The fourth-order valence-corrected chi connectivity index (χ4v) is 7.11. The van der Waals surface area contributed by atoms with Gasteiger partial charge in [-0.05, 0) is 87.8 Å². The van der Waals surface area contributed by atoms with Crippen molar-refractivity contribution in [2.75, 3.05) is 9.80 Å². The lowest BCUT2D eigenvalue weighted by atomic mass is 9.91. The predicted molar refractivity (Wildman–Crippen MR) is 203 cm³/mol. The van der Waals surface area contributed by atoms with Crippen molar-refractivity contribution in [1.29, 1.82) is 0 Å². The Morgan fingerprint density at radius 3 is 1.31 bits per heavy atom. The summed E-state index contributed by atoms with van der Waals surface area (Å²) in [6.07, 6.45) is 1.89. The number of hydrogen-bond donors (Lipinski definition) is 0. The molecule has 226 valence electrons. The van der Waals surface area contributed by atoms with Crippen molar-refractivity contribution in [2.45, 2.75) is 0 Å². The first-order valence-electron chi connectivity index (χ1n) is 16.3. The van der Waals surface area contributed by atoms with Gasteiger partial charge in [-0.15, -0.1) is 0 Å². The molecule has 1 heterocycles. The molecule has 0 bridgehead atoms. The molecule has 8 aromatic carbocycles. The molecule has 0 fully saturated rings. The van der Waals surface area contributed by atoms with Crippen LogP contribution >= 0.6 is 0 Å². The summed E-state index contributed by atoms with van der Waals surface area (Å²) in [5, 5.41) is 7.35. The van der Waals surface area contributed by atoms with E-state index in [1.807, 2.05) is 12.3 Å². The smallest absolute Gasteiger partial charge is 0.145 e. The molecule has 0 atom stereocenters. The minimum Gasteiger partial charge on any atom is -0.310 e. The lowest BCUT2D eigenvalue weighted by Gasteiger charge is -2.29. The van der Waals surface area contributed by atoms with Crippen LogP contribution < -0.4 is 9.80 Å². The number of nitrogens with zero attached hydrogens (tertiary/aromatic N) is 3. The number of pyridine rings is 1. The van der Waals surface area contributed by atoms with Gasteiger partial charge >= 0.3 is 0 Å². The predicted octanol–water partition coefficient (Wildman–Crippen LogP) is 12.6. The van der Waals surface area contributed by atoms with E-state index in [-0.39, 0.29) is 0 Å². The van der Waals surface area contributed by atoms with Crippen molar-refractivity contribution < 1.29 is 0 Å². The van der Waals surface area contributed by atoms with E-state index in [1.54, 1.807) is 0 Å². The molecular formula is C45H31N3. The van der Waals surface area contributed by atoms with Gasteiger partial charge in [0.2, 0.25) is 0 Å². The summed E-state index contributed by atoms with van der Waals surface area (Å²) in [6.45, 7) is 0. The van der Waals surface area contributed by atoms with E-state index in [0.717, 1.165) is 45.4 Å². The molecule has 48 heavy (non-hydrogen) atoms. The van der Waals surface area contributed by atoms with E-state index in [1.165, 1.54) is 32.3 Å². The zero-order valence-corrected chi connectivity index (χ0v) is 26.2. The molecule has 3 heteroatoms. The Morgan fingerprint density at radius 1 is 0.354 bits per heavy atom. The van der Waals surface area contributed by atoms with Crippen LogP contribution in [0.25, 0.3) is 43.4 Å². The van der Waals surface area contributed by atoms with Gasteiger partial charge in [0.15, 0.2) is 0 Å². The summed E-state index contributed by atoms with van der Waals surface area (Å²) in [4.78, 5) is 9.72. The number of aromatic nitrogens is 1. The van der Waals surface area contributed by atoms with Gasteiger partial charge < -0.3 is 4.90 Å². The first kappa shape index (κ1) is 27.8. The Kier molecular flexibility index (Phi) is 6.80. The minimum absolute atomic E-state index is 0.893.